The number of carbonyl (C=O) groups excluding carboxylic acids is 1. The van der Waals surface area contributed by atoms with Crippen LogP contribution in [0.2, 0.25) is 0 Å². The van der Waals surface area contributed by atoms with Crippen molar-refractivity contribution in [1.29, 1.82) is 0 Å². The summed E-state index contributed by atoms with van der Waals surface area (Å²) in [5.74, 6) is 1.69. The largest absolute Gasteiger partial charge is 0.441 e. The molecule has 2 aromatic heterocycles. The fraction of sp³-hybridized carbons (Fsp3) is 0.278. The predicted molar refractivity (Wildman–Crippen MR) is 95.1 cm³/mol. The van der Waals surface area contributed by atoms with Gasteiger partial charge in [0.2, 0.25) is 5.91 Å². The summed E-state index contributed by atoms with van der Waals surface area (Å²) in [6.07, 6.45) is 4.14. The van der Waals surface area contributed by atoms with Crippen LogP contribution < -0.4 is 5.32 Å². The van der Waals surface area contributed by atoms with Crippen molar-refractivity contribution < 1.29 is 9.21 Å². The first-order chi connectivity index (χ1) is 11.6. The highest BCUT2D eigenvalue weighted by Crippen LogP contribution is 2.23. The van der Waals surface area contributed by atoms with Crippen LogP contribution in [0.4, 0.5) is 5.13 Å². The van der Waals surface area contributed by atoms with Crippen LogP contribution in [0.25, 0.3) is 11.3 Å². The van der Waals surface area contributed by atoms with Gasteiger partial charge in [0.1, 0.15) is 0 Å². The van der Waals surface area contributed by atoms with Gasteiger partial charge in [-0.05, 0) is 11.5 Å². The van der Waals surface area contributed by atoms with E-state index in [1.165, 1.54) is 16.9 Å². The van der Waals surface area contributed by atoms with E-state index in [1.807, 2.05) is 17.5 Å². The molecule has 3 rings (SSSR count). The smallest absolute Gasteiger partial charge is 0.226 e. The van der Waals surface area contributed by atoms with Gasteiger partial charge in [-0.2, -0.15) is 0 Å². The first-order valence-electron chi connectivity index (χ1n) is 7.86. The summed E-state index contributed by atoms with van der Waals surface area (Å²) in [5.41, 5.74) is 2.28. The van der Waals surface area contributed by atoms with E-state index in [2.05, 4.69) is 41.3 Å². The number of nitrogens with zero attached hydrogens (tertiary/aromatic N) is 2. The molecule has 24 heavy (non-hydrogen) atoms. The van der Waals surface area contributed by atoms with Gasteiger partial charge in [0.05, 0.1) is 6.20 Å². The minimum atomic E-state index is -0.0917. The van der Waals surface area contributed by atoms with Crippen LogP contribution in [0.5, 0.6) is 0 Å². The number of carbonyl (C=O) groups is 1. The molecule has 1 N–H and O–H groups in total. The van der Waals surface area contributed by atoms with Crippen LogP contribution >= 0.6 is 11.3 Å². The van der Waals surface area contributed by atoms with Gasteiger partial charge in [0.15, 0.2) is 16.8 Å². The second kappa shape index (κ2) is 7.40. The van der Waals surface area contributed by atoms with E-state index in [-0.39, 0.29) is 5.91 Å². The number of anilines is 1. The summed E-state index contributed by atoms with van der Waals surface area (Å²) in [5, 5.41) is 5.18. The number of oxazole rings is 1. The highest BCUT2D eigenvalue weighted by molar-refractivity contribution is 7.13. The van der Waals surface area contributed by atoms with Crippen molar-refractivity contribution in [3.05, 3.63) is 53.5 Å². The number of thiazole rings is 1. The zero-order valence-corrected chi connectivity index (χ0v) is 14.5. The Kier molecular flexibility index (Phi) is 5.05. The molecule has 0 aliphatic heterocycles. The average Bonchev–Trinajstić information content (AvgIpc) is 3.24. The summed E-state index contributed by atoms with van der Waals surface area (Å²) in [6.45, 7) is 4.33. The van der Waals surface area contributed by atoms with Crippen molar-refractivity contribution in [1.82, 2.24) is 9.97 Å². The number of aryl methyl sites for hydroxylation is 1. The maximum Gasteiger partial charge on any atom is 0.226 e. The van der Waals surface area contributed by atoms with Crippen LogP contribution in [0.15, 0.2) is 46.5 Å². The molecule has 6 heteroatoms. The molecular formula is C18H19N3O2S. The van der Waals surface area contributed by atoms with Gasteiger partial charge in [-0.15, -0.1) is 11.3 Å². The molecule has 0 saturated heterocycles. The number of aromatic nitrogens is 2. The maximum atomic E-state index is 11.8. The quantitative estimate of drug-likeness (QED) is 0.717. The third-order valence-electron chi connectivity index (χ3n) is 3.66. The lowest BCUT2D eigenvalue weighted by atomic mass is 10.0. The van der Waals surface area contributed by atoms with Crippen LogP contribution in [-0.2, 0) is 11.2 Å². The second-order valence-corrected chi connectivity index (χ2v) is 6.67. The minimum Gasteiger partial charge on any atom is -0.441 e. The molecule has 3 aromatic rings. The Bertz CT molecular complexity index is 792. The topological polar surface area (TPSA) is 68.0 Å². The summed E-state index contributed by atoms with van der Waals surface area (Å²) in [6, 6.07) is 8.27. The standard InChI is InChI=1S/C18H19N3O2S/c1-12(2)13-3-5-14(6-4-13)15-11-20-17(23-15)8-7-16(22)21-18-19-9-10-24-18/h3-6,9-12H,7-8H2,1-2H3,(H,19,21,22). The third-order valence-corrected chi connectivity index (χ3v) is 4.35. The minimum absolute atomic E-state index is 0.0917. The van der Waals surface area contributed by atoms with Crippen LogP contribution in [-0.4, -0.2) is 15.9 Å². The van der Waals surface area contributed by atoms with Gasteiger partial charge in [-0.1, -0.05) is 38.1 Å². The SMILES string of the molecule is CC(C)c1ccc(-c2cnc(CCC(=O)Nc3nccs3)o2)cc1. The number of hydrogen-bond acceptors (Lipinski definition) is 5. The predicted octanol–water partition coefficient (Wildman–Crippen LogP) is 4.49. The van der Waals surface area contributed by atoms with Gasteiger partial charge in [-0.25, -0.2) is 9.97 Å². The lowest BCUT2D eigenvalue weighted by molar-refractivity contribution is -0.116. The van der Waals surface area contributed by atoms with Crippen molar-refractivity contribution in [3.8, 4) is 11.3 Å². The molecule has 1 amide bonds. The van der Waals surface area contributed by atoms with Crippen LogP contribution in [0, 0.1) is 0 Å². The number of rotatable bonds is 6. The normalized spacial score (nSPS) is 11.0. The molecule has 2 heterocycles. The number of hydrogen-bond donors (Lipinski definition) is 1. The first kappa shape index (κ1) is 16.4. The average molecular weight is 341 g/mol. The lowest BCUT2D eigenvalue weighted by Gasteiger charge is -2.05. The Morgan fingerprint density at radius 3 is 2.71 bits per heavy atom. The zero-order valence-electron chi connectivity index (χ0n) is 13.7. The maximum absolute atomic E-state index is 11.8. The molecule has 0 atom stereocenters. The van der Waals surface area contributed by atoms with Gasteiger partial charge in [0.25, 0.3) is 0 Å². The van der Waals surface area contributed by atoms with Crippen LogP contribution in [0.3, 0.4) is 0 Å². The molecule has 0 radical (unpaired) electrons. The number of nitrogens with one attached hydrogen (secondary N) is 1. The lowest BCUT2D eigenvalue weighted by Crippen LogP contribution is -2.12. The van der Waals surface area contributed by atoms with Gasteiger partial charge in [-0.3, -0.25) is 4.79 Å². The fourth-order valence-electron chi connectivity index (χ4n) is 2.28. The van der Waals surface area contributed by atoms with E-state index < -0.39 is 0 Å². The molecule has 0 aliphatic rings. The molecule has 0 saturated carbocycles. The molecule has 0 spiro atoms. The van der Waals surface area contributed by atoms with E-state index >= 15 is 0 Å². The van der Waals surface area contributed by atoms with E-state index in [9.17, 15) is 4.79 Å². The molecular weight excluding hydrogens is 322 g/mol. The summed E-state index contributed by atoms with van der Waals surface area (Å²) in [4.78, 5) is 20.1. The summed E-state index contributed by atoms with van der Waals surface area (Å²) >= 11 is 1.40. The van der Waals surface area contributed by atoms with Crippen molar-refractivity contribution in [2.45, 2.75) is 32.6 Å². The summed E-state index contributed by atoms with van der Waals surface area (Å²) < 4.78 is 5.75. The molecule has 0 bridgehead atoms. The Hall–Kier alpha value is -2.47. The Morgan fingerprint density at radius 2 is 2.04 bits per heavy atom. The van der Waals surface area contributed by atoms with Crippen molar-refractivity contribution in [2.24, 2.45) is 0 Å². The molecule has 124 valence electrons. The molecule has 0 fully saturated rings. The fourth-order valence-corrected chi connectivity index (χ4v) is 2.82. The zero-order chi connectivity index (χ0) is 16.9. The van der Waals surface area contributed by atoms with E-state index in [0.29, 0.717) is 29.8 Å². The van der Waals surface area contributed by atoms with Gasteiger partial charge < -0.3 is 9.73 Å². The van der Waals surface area contributed by atoms with Crippen molar-refractivity contribution >= 4 is 22.4 Å². The van der Waals surface area contributed by atoms with Gasteiger partial charge in [0, 0.05) is 30.0 Å². The van der Waals surface area contributed by atoms with E-state index in [0.717, 1.165) is 11.3 Å². The number of benzene rings is 1. The van der Waals surface area contributed by atoms with Crippen molar-refractivity contribution in [3.63, 3.8) is 0 Å². The highest BCUT2D eigenvalue weighted by Gasteiger charge is 2.10. The molecule has 5 nitrogen and oxygen atoms in total. The first-order valence-corrected chi connectivity index (χ1v) is 8.74. The molecule has 0 aliphatic carbocycles. The molecule has 0 unspecified atom stereocenters. The van der Waals surface area contributed by atoms with Crippen LogP contribution in [0.1, 0.15) is 37.6 Å². The monoisotopic (exact) mass is 341 g/mol. The summed E-state index contributed by atoms with van der Waals surface area (Å²) in [7, 11) is 0. The molecule has 1 aromatic carbocycles. The second-order valence-electron chi connectivity index (χ2n) is 5.78. The third kappa shape index (κ3) is 4.08. The Morgan fingerprint density at radius 1 is 1.25 bits per heavy atom. The van der Waals surface area contributed by atoms with E-state index in [4.69, 9.17) is 4.42 Å². The Labute approximate surface area is 144 Å². The Balaban J connectivity index is 1.58. The highest BCUT2D eigenvalue weighted by atomic mass is 32.1. The number of amides is 1. The van der Waals surface area contributed by atoms with Crippen molar-refractivity contribution in [2.75, 3.05) is 5.32 Å². The van der Waals surface area contributed by atoms with Gasteiger partial charge >= 0.3 is 0 Å². The van der Waals surface area contributed by atoms with E-state index in [1.54, 1.807) is 12.4 Å².